The Bertz CT molecular complexity index is 754. The lowest BCUT2D eigenvalue weighted by molar-refractivity contribution is 0.707. The van der Waals surface area contributed by atoms with Crippen molar-refractivity contribution in [3.8, 4) is 0 Å². The number of benzene rings is 1. The van der Waals surface area contributed by atoms with Gasteiger partial charge in [-0.25, -0.2) is 9.97 Å². The van der Waals surface area contributed by atoms with Crippen molar-refractivity contribution >= 4 is 5.82 Å². The molecule has 1 saturated heterocycles. The van der Waals surface area contributed by atoms with Crippen molar-refractivity contribution in [2.45, 2.75) is 43.9 Å². The predicted molar refractivity (Wildman–Crippen MR) is 100 cm³/mol. The van der Waals surface area contributed by atoms with Crippen LogP contribution in [0.2, 0.25) is 0 Å². The molecule has 3 aliphatic rings. The maximum atomic E-state index is 5.09. The van der Waals surface area contributed by atoms with Gasteiger partial charge in [0.05, 0.1) is 5.69 Å². The van der Waals surface area contributed by atoms with E-state index in [2.05, 4.69) is 40.5 Å². The largest absolute Gasteiger partial charge is 0.356 e. The number of aromatic nitrogens is 2. The monoisotopic (exact) mass is 334 g/mol. The zero-order valence-corrected chi connectivity index (χ0v) is 14.7. The summed E-state index contributed by atoms with van der Waals surface area (Å²) >= 11 is 0. The second-order valence-corrected chi connectivity index (χ2v) is 7.70. The number of anilines is 1. The minimum absolute atomic E-state index is 0.618. The first-order chi connectivity index (χ1) is 12.4. The molecule has 5 rings (SSSR count). The summed E-state index contributed by atoms with van der Waals surface area (Å²) in [4.78, 5) is 12.6. The minimum Gasteiger partial charge on any atom is -0.356 e. The van der Waals surface area contributed by atoms with Crippen molar-refractivity contribution in [2.24, 2.45) is 0 Å². The van der Waals surface area contributed by atoms with Gasteiger partial charge in [0.15, 0.2) is 0 Å². The highest BCUT2D eigenvalue weighted by Crippen LogP contribution is 2.40. The van der Waals surface area contributed by atoms with Crippen molar-refractivity contribution in [1.82, 2.24) is 15.3 Å². The molecule has 25 heavy (non-hydrogen) atoms. The molecule has 0 bridgehead atoms. The molecule has 1 aliphatic carbocycles. The zero-order chi connectivity index (χ0) is 16.6. The number of nitrogens with one attached hydrogen (secondary N) is 1. The van der Waals surface area contributed by atoms with Crippen LogP contribution in [0.5, 0.6) is 0 Å². The van der Waals surface area contributed by atoms with E-state index in [1.807, 2.05) is 0 Å². The maximum Gasteiger partial charge on any atom is 0.135 e. The first kappa shape index (κ1) is 15.3. The number of hydrogen-bond donors (Lipinski definition) is 1. The van der Waals surface area contributed by atoms with Crippen molar-refractivity contribution in [2.75, 3.05) is 31.1 Å². The Morgan fingerprint density at radius 2 is 1.76 bits per heavy atom. The SMILES string of the molecule is c1ccc(C2CCN(c3nc(C4CC4)nc4c3CCNCC4)C2)cc1. The molecular formula is C21H26N4. The van der Waals surface area contributed by atoms with Gasteiger partial charge in [-0.05, 0) is 37.8 Å². The second kappa shape index (κ2) is 6.41. The number of fused-ring (bicyclic) bond motifs is 1. The van der Waals surface area contributed by atoms with Gasteiger partial charge in [0, 0.05) is 43.5 Å². The molecule has 1 aromatic heterocycles. The van der Waals surface area contributed by atoms with Crippen LogP contribution < -0.4 is 10.2 Å². The number of rotatable bonds is 3. The first-order valence-corrected chi connectivity index (χ1v) is 9.79. The smallest absolute Gasteiger partial charge is 0.135 e. The molecule has 0 spiro atoms. The topological polar surface area (TPSA) is 41.1 Å². The highest BCUT2D eigenvalue weighted by atomic mass is 15.2. The number of nitrogens with zero attached hydrogens (tertiary/aromatic N) is 3. The van der Waals surface area contributed by atoms with E-state index >= 15 is 0 Å². The molecule has 1 saturated carbocycles. The van der Waals surface area contributed by atoms with Gasteiger partial charge in [0.25, 0.3) is 0 Å². The standard InChI is InChI=1S/C21H26N4/c1-2-4-15(5-3-1)17-10-13-25(14-17)21-18-8-11-22-12-9-19(18)23-20(24-21)16-6-7-16/h1-5,16-17,22H,6-14H2. The van der Waals surface area contributed by atoms with Crippen LogP contribution >= 0.6 is 0 Å². The summed E-state index contributed by atoms with van der Waals surface area (Å²) in [5, 5.41) is 3.52. The summed E-state index contributed by atoms with van der Waals surface area (Å²) in [6, 6.07) is 11.0. The van der Waals surface area contributed by atoms with Crippen LogP contribution in [0.3, 0.4) is 0 Å². The van der Waals surface area contributed by atoms with Gasteiger partial charge in [0.1, 0.15) is 11.6 Å². The molecule has 0 amide bonds. The van der Waals surface area contributed by atoms with Crippen LogP contribution in [-0.4, -0.2) is 36.1 Å². The van der Waals surface area contributed by atoms with Gasteiger partial charge < -0.3 is 10.2 Å². The normalized spacial score (nSPS) is 23.4. The Balaban J connectivity index is 1.47. The molecule has 3 heterocycles. The lowest BCUT2D eigenvalue weighted by Gasteiger charge is -2.23. The molecule has 0 radical (unpaired) electrons. The van der Waals surface area contributed by atoms with E-state index < -0.39 is 0 Å². The quantitative estimate of drug-likeness (QED) is 0.937. The van der Waals surface area contributed by atoms with Crippen LogP contribution in [0.1, 0.15) is 53.7 Å². The summed E-state index contributed by atoms with van der Waals surface area (Å²) in [6.45, 7) is 4.29. The highest BCUT2D eigenvalue weighted by molar-refractivity contribution is 5.52. The average Bonchev–Trinajstić information content (AvgIpc) is 3.43. The highest BCUT2D eigenvalue weighted by Gasteiger charge is 2.32. The summed E-state index contributed by atoms with van der Waals surface area (Å²) in [7, 11) is 0. The van der Waals surface area contributed by atoms with E-state index in [1.54, 1.807) is 0 Å². The van der Waals surface area contributed by atoms with Crippen molar-refractivity contribution in [3.05, 3.63) is 53.0 Å². The van der Waals surface area contributed by atoms with Crippen molar-refractivity contribution < 1.29 is 0 Å². The molecule has 1 atom stereocenters. The van der Waals surface area contributed by atoms with Crippen LogP contribution in [0, 0.1) is 0 Å². The van der Waals surface area contributed by atoms with Gasteiger partial charge >= 0.3 is 0 Å². The molecule has 1 N–H and O–H groups in total. The Morgan fingerprint density at radius 1 is 0.920 bits per heavy atom. The third kappa shape index (κ3) is 3.04. The van der Waals surface area contributed by atoms with Crippen LogP contribution in [-0.2, 0) is 12.8 Å². The third-order valence-electron chi connectivity index (χ3n) is 5.88. The molecule has 4 heteroatoms. The fourth-order valence-electron chi connectivity index (χ4n) is 4.28. The van der Waals surface area contributed by atoms with E-state index in [9.17, 15) is 0 Å². The van der Waals surface area contributed by atoms with E-state index in [0.29, 0.717) is 11.8 Å². The lowest BCUT2D eigenvalue weighted by atomic mass is 9.99. The molecule has 1 unspecified atom stereocenters. The van der Waals surface area contributed by atoms with E-state index in [-0.39, 0.29) is 0 Å². The molecule has 1 aromatic carbocycles. The molecule has 4 nitrogen and oxygen atoms in total. The molecule has 2 fully saturated rings. The summed E-state index contributed by atoms with van der Waals surface area (Å²) in [5.74, 6) is 3.60. The lowest BCUT2D eigenvalue weighted by Crippen LogP contribution is -2.24. The van der Waals surface area contributed by atoms with Gasteiger partial charge in [-0.15, -0.1) is 0 Å². The molecular weight excluding hydrogens is 308 g/mol. The van der Waals surface area contributed by atoms with E-state index in [1.165, 1.54) is 41.9 Å². The molecule has 2 aliphatic heterocycles. The van der Waals surface area contributed by atoms with Crippen molar-refractivity contribution in [3.63, 3.8) is 0 Å². The predicted octanol–water partition coefficient (Wildman–Crippen LogP) is 3.04. The first-order valence-electron chi connectivity index (χ1n) is 9.79. The minimum atomic E-state index is 0.618. The third-order valence-corrected chi connectivity index (χ3v) is 5.88. The fourth-order valence-corrected chi connectivity index (χ4v) is 4.28. The molecule has 130 valence electrons. The summed E-state index contributed by atoms with van der Waals surface area (Å²) < 4.78 is 0. The zero-order valence-electron chi connectivity index (χ0n) is 14.7. The van der Waals surface area contributed by atoms with Crippen molar-refractivity contribution in [1.29, 1.82) is 0 Å². The van der Waals surface area contributed by atoms with Crippen LogP contribution in [0.4, 0.5) is 5.82 Å². The van der Waals surface area contributed by atoms with E-state index in [4.69, 9.17) is 9.97 Å². The van der Waals surface area contributed by atoms with Gasteiger partial charge in [0.2, 0.25) is 0 Å². The van der Waals surface area contributed by atoms with Crippen LogP contribution in [0.25, 0.3) is 0 Å². The Morgan fingerprint density at radius 3 is 2.60 bits per heavy atom. The maximum absolute atomic E-state index is 5.09. The second-order valence-electron chi connectivity index (χ2n) is 7.70. The van der Waals surface area contributed by atoms with Crippen LogP contribution in [0.15, 0.2) is 30.3 Å². The van der Waals surface area contributed by atoms with E-state index in [0.717, 1.165) is 44.8 Å². The Labute approximate surface area is 149 Å². The van der Waals surface area contributed by atoms with Gasteiger partial charge in [-0.1, -0.05) is 30.3 Å². The van der Waals surface area contributed by atoms with Gasteiger partial charge in [-0.2, -0.15) is 0 Å². The number of hydrogen-bond acceptors (Lipinski definition) is 4. The van der Waals surface area contributed by atoms with Gasteiger partial charge in [-0.3, -0.25) is 0 Å². The Kier molecular flexibility index (Phi) is 3.93. The summed E-state index contributed by atoms with van der Waals surface area (Å²) in [5.41, 5.74) is 4.18. The summed E-state index contributed by atoms with van der Waals surface area (Å²) in [6.07, 6.45) is 5.86. The molecule has 2 aromatic rings. The average molecular weight is 334 g/mol. The fraction of sp³-hybridized carbons (Fsp3) is 0.524. The Hall–Kier alpha value is -1.94.